The molecule has 0 bridgehead atoms. The highest BCUT2D eigenvalue weighted by molar-refractivity contribution is 9.09. The highest BCUT2D eigenvalue weighted by Gasteiger charge is 2.18. The van der Waals surface area contributed by atoms with E-state index in [9.17, 15) is 0 Å². The number of nitrogens with zero attached hydrogens (tertiary/aromatic N) is 1. The van der Waals surface area contributed by atoms with Crippen LogP contribution < -0.4 is 5.73 Å². The number of hydrogen-bond acceptors (Lipinski definition) is 3. The molecule has 0 aliphatic rings. The highest BCUT2D eigenvalue weighted by Crippen LogP contribution is 2.33. The van der Waals surface area contributed by atoms with Gasteiger partial charge in [-0.2, -0.15) is 0 Å². The molecule has 0 saturated heterocycles. The maximum absolute atomic E-state index is 6.28. The summed E-state index contributed by atoms with van der Waals surface area (Å²) < 4.78 is 5.86. The molecular formula is C26H25BrN2O. The quantitative estimate of drug-likeness (QED) is 0.317. The molecule has 0 amide bonds. The minimum atomic E-state index is 0.0814. The number of halogens is 1. The van der Waals surface area contributed by atoms with Crippen LogP contribution in [-0.2, 0) is 11.2 Å². The Labute approximate surface area is 186 Å². The lowest BCUT2D eigenvalue weighted by Gasteiger charge is -2.20. The van der Waals surface area contributed by atoms with Crippen LogP contribution in [0, 0.1) is 0 Å². The minimum Gasteiger partial charge on any atom is -0.383 e. The maximum Gasteiger partial charge on any atom is 0.131 e. The summed E-state index contributed by atoms with van der Waals surface area (Å²) in [6.45, 7) is 0. The van der Waals surface area contributed by atoms with Gasteiger partial charge >= 0.3 is 0 Å². The van der Waals surface area contributed by atoms with Crippen molar-refractivity contribution in [2.45, 2.75) is 23.8 Å². The fourth-order valence-electron chi connectivity index (χ4n) is 3.84. The number of anilines is 1. The largest absolute Gasteiger partial charge is 0.383 e. The topological polar surface area (TPSA) is 48.1 Å². The van der Waals surface area contributed by atoms with E-state index in [2.05, 4.69) is 69.4 Å². The van der Waals surface area contributed by atoms with Gasteiger partial charge in [0.05, 0.1) is 11.6 Å². The van der Waals surface area contributed by atoms with Crippen LogP contribution in [0.1, 0.15) is 22.4 Å². The summed E-state index contributed by atoms with van der Waals surface area (Å²) in [7, 11) is 1.78. The van der Waals surface area contributed by atoms with Gasteiger partial charge in [0.1, 0.15) is 5.82 Å². The van der Waals surface area contributed by atoms with Gasteiger partial charge in [0.25, 0.3) is 0 Å². The number of fused-ring (bicyclic) bond motifs is 1. The van der Waals surface area contributed by atoms with Crippen molar-refractivity contribution in [3.8, 4) is 11.1 Å². The van der Waals surface area contributed by atoms with Gasteiger partial charge in [0.15, 0.2) is 0 Å². The van der Waals surface area contributed by atoms with E-state index in [1.54, 1.807) is 7.11 Å². The first kappa shape index (κ1) is 20.6. The average Bonchev–Trinajstić information content (AvgIpc) is 2.79. The van der Waals surface area contributed by atoms with Crippen molar-refractivity contribution < 1.29 is 4.74 Å². The molecule has 0 aliphatic heterocycles. The molecule has 0 radical (unpaired) electrons. The summed E-state index contributed by atoms with van der Waals surface area (Å²) in [5.74, 6) is 0.554. The Balaban J connectivity index is 1.64. The molecule has 0 spiro atoms. The standard InChI is InChI=1S/C26H25BrN2O/c1-30-21(16-24(27)19-11-6-3-7-12-19)15-20-13-8-14-25-22(20)17-23(26(28)29-25)18-9-4-2-5-10-18/h2-14,17,21,24H,15-16H2,1H3,(H2,28,29). The third-order valence-electron chi connectivity index (χ3n) is 5.48. The molecule has 4 aromatic rings. The van der Waals surface area contributed by atoms with Crippen molar-refractivity contribution >= 4 is 32.7 Å². The molecule has 2 N–H and O–H groups in total. The lowest BCUT2D eigenvalue weighted by molar-refractivity contribution is 0.0958. The first-order valence-electron chi connectivity index (χ1n) is 10.1. The van der Waals surface area contributed by atoms with Crippen molar-refractivity contribution in [3.05, 3.63) is 96.1 Å². The molecule has 1 heterocycles. The number of nitrogen functional groups attached to an aromatic ring is 1. The summed E-state index contributed by atoms with van der Waals surface area (Å²) in [6.07, 6.45) is 1.77. The van der Waals surface area contributed by atoms with Gasteiger partial charge in [0, 0.05) is 22.9 Å². The van der Waals surface area contributed by atoms with Gasteiger partial charge in [-0.15, -0.1) is 0 Å². The van der Waals surface area contributed by atoms with Crippen LogP contribution in [0.25, 0.3) is 22.0 Å². The third kappa shape index (κ3) is 4.55. The molecule has 2 atom stereocenters. The van der Waals surface area contributed by atoms with E-state index < -0.39 is 0 Å². The van der Waals surface area contributed by atoms with Crippen LogP contribution >= 0.6 is 15.9 Å². The number of benzene rings is 3. The first-order chi connectivity index (χ1) is 14.7. The van der Waals surface area contributed by atoms with Crippen molar-refractivity contribution in [2.24, 2.45) is 0 Å². The van der Waals surface area contributed by atoms with E-state index in [1.165, 1.54) is 11.1 Å². The van der Waals surface area contributed by atoms with Crippen LogP contribution in [0.4, 0.5) is 5.82 Å². The third-order valence-corrected chi connectivity index (χ3v) is 6.38. The van der Waals surface area contributed by atoms with Crippen molar-refractivity contribution in [3.63, 3.8) is 0 Å². The van der Waals surface area contributed by atoms with E-state index in [4.69, 9.17) is 10.5 Å². The molecule has 0 fully saturated rings. The molecule has 4 heteroatoms. The fraction of sp³-hybridized carbons (Fsp3) is 0.192. The fourth-order valence-corrected chi connectivity index (χ4v) is 4.56. The van der Waals surface area contributed by atoms with Crippen LogP contribution in [0.5, 0.6) is 0 Å². The number of hydrogen-bond donors (Lipinski definition) is 1. The zero-order valence-corrected chi connectivity index (χ0v) is 18.5. The number of aromatic nitrogens is 1. The Morgan fingerprint density at radius 1 is 0.933 bits per heavy atom. The molecule has 2 unspecified atom stereocenters. The van der Waals surface area contributed by atoms with Gasteiger partial charge in [-0.1, -0.05) is 88.7 Å². The van der Waals surface area contributed by atoms with Crippen LogP contribution in [0.3, 0.4) is 0 Å². The van der Waals surface area contributed by atoms with Crippen LogP contribution in [-0.4, -0.2) is 18.2 Å². The monoisotopic (exact) mass is 460 g/mol. The van der Waals surface area contributed by atoms with E-state index in [1.807, 2.05) is 36.4 Å². The van der Waals surface area contributed by atoms with Gasteiger partial charge in [-0.3, -0.25) is 0 Å². The lowest BCUT2D eigenvalue weighted by Crippen LogP contribution is -2.16. The molecule has 152 valence electrons. The molecule has 0 saturated carbocycles. The number of rotatable bonds is 7. The first-order valence-corrected chi connectivity index (χ1v) is 11.0. The van der Waals surface area contributed by atoms with Gasteiger partial charge in [-0.05, 0) is 41.7 Å². The Morgan fingerprint density at radius 3 is 2.33 bits per heavy atom. The Morgan fingerprint density at radius 2 is 1.63 bits per heavy atom. The van der Waals surface area contributed by atoms with Crippen LogP contribution in [0.15, 0.2) is 84.9 Å². The highest BCUT2D eigenvalue weighted by atomic mass is 79.9. The Bertz CT molecular complexity index is 1120. The van der Waals surface area contributed by atoms with E-state index >= 15 is 0 Å². The summed E-state index contributed by atoms with van der Waals surface area (Å²) in [5.41, 5.74) is 11.7. The lowest BCUT2D eigenvalue weighted by atomic mass is 9.96. The summed E-state index contributed by atoms with van der Waals surface area (Å²) in [5, 5.41) is 1.12. The molecule has 1 aromatic heterocycles. The Kier molecular flexibility index (Phi) is 6.46. The average molecular weight is 461 g/mol. The minimum absolute atomic E-state index is 0.0814. The van der Waals surface area contributed by atoms with Gasteiger partial charge in [-0.25, -0.2) is 4.98 Å². The van der Waals surface area contributed by atoms with Crippen molar-refractivity contribution in [2.75, 3.05) is 12.8 Å². The SMILES string of the molecule is COC(Cc1cccc2nc(N)c(-c3ccccc3)cc12)CC(Br)c1ccccc1. The summed E-state index contributed by atoms with van der Waals surface area (Å²) in [4.78, 5) is 4.92. The Hall–Kier alpha value is -2.69. The smallest absolute Gasteiger partial charge is 0.131 e. The normalized spacial score (nSPS) is 13.3. The molecule has 3 aromatic carbocycles. The second kappa shape index (κ2) is 9.41. The van der Waals surface area contributed by atoms with Gasteiger partial charge in [0.2, 0.25) is 0 Å². The summed E-state index contributed by atoms with van der Waals surface area (Å²) >= 11 is 3.83. The van der Waals surface area contributed by atoms with E-state index in [0.29, 0.717) is 5.82 Å². The summed E-state index contributed by atoms with van der Waals surface area (Å²) in [6, 6.07) is 29.0. The number of alkyl halides is 1. The molecule has 4 rings (SSSR count). The number of nitrogens with two attached hydrogens (primary N) is 1. The second-order valence-corrected chi connectivity index (χ2v) is 8.55. The number of methoxy groups -OCH3 is 1. The second-order valence-electron chi connectivity index (χ2n) is 7.45. The van der Waals surface area contributed by atoms with E-state index in [-0.39, 0.29) is 10.9 Å². The molecule has 30 heavy (non-hydrogen) atoms. The zero-order chi connectivity index (χ0) is 20.9. The maximum atomic E-state index is 6.28. The van der Waals surface area contributed by atoms with Crippen LogP contribution in [0.2, 0.25) is 0 Å². The molecule has 3 nitrogen and oxygen atoms in total. The number of pyridine rings is 1. The zero-order valence-electron chi connectivity index (χ0n) is 17.0. The van der Waals surface area contributed by atoms with Crippen molar-refractivity contribution in [1.82, 2.24) is 4.98 Å². The predicted molar refractivity (Wildman–Crippen MR) is 129 cm³/mol. The number of ether oxygens (including phenoxy) is 1. The van der Waals surface area contributed by atoms with Gasteiger partial charge < -0.3 is 10.5 Å². The molecular weight excluding hydrogens is 436 g/mol. The van der Waals surface area contributed by atoms with E-state index in [0.717, 1.165) is 34.9 Å². The predicted octanol–water partition coefficient (Wildman–Crippen LogP) is 6.57. The van der Waals surface area contributed by atoms with Crippen molar-refractivity contribution in [1.29, 1.82) is 0 Å². The molecule has 0 aliphatic carbocycles.